The van der Waals surface area contributed by atoms with Crippen LogP contribution in [0.5, 0.6) is 0 Å². The van der Waals surface area contributed by atoms with Crippen molar-refractivity contribution >= 4 is 39.0 Å². The van der Waals surface area contributed by atoms with Gasteiger partial charge in [-0.25, -0.2) is 0 Å². The lowest BCUT2D eigenvalue weighted by atomic mass is 10.1. The topological polar surface area (TPSA) is 19.6 Å². The molecule has 0 aliphatic carbocycles. The fraction of sp³-hybridized carbons (Fsp3) is 0.217. The van der Waals surface area contributed by atoms with Crippen LogP contribution in [0.15, 0.2) is 65.1 Å². The average Bonchev–Trinajstić information content (AvgIpc) is 3.20. The number of nitrogens with zero attached hydrogens (tertiary/aromatic N) is 2. The number of hydrogen-bond acceptors (Lipinski definition) is 3. The molecule has 0 atom stereocenters. The summed E-state index contributed by atoms with van der Waals surface area (Å²) in [7, 11) is 0. The summed E-state index contributed by atoms with van der Waals surface area (Å²) < 4.78 is 14.9. The molecule has 2 heterocycles. The van der Waals surface area contributed by atoms with Gasteiger partial charge in [-0.2, -0.15) is 0 Å². The van der Waals surface area contributed by atoms with Crippen LogP contribution in [-0.2, 0) is 0 Å². The van der Waals surface area contributed by atoms with Crippen LogP contribution >= 0.6 is 0 Å². The molecule has 1 aromatic heterocycles. The number of fused-ring (bicyclic) bond motifs is 4. The minimum absolute atomic E-state index is 0.632. The molecule has 4 aromatic rings. The number of anilines is 3. The molecule has 0 spiro atoms. The summed E-state index contributed by atoms with van der Waals surface area (Å²) in [6, 6.07) is 20.1. The predicted molar refractivity (Wildman–Crippen MR) is 110 cm³/mol. The van der Waals surface area contributed by atoms with Crippen molar-refractivity contribution in [3.05, 3.63) is 66.2 Å². The van der Waals surface area contributed by atoms with Crippen LogP contribution in [0.2, 0.25) is 0 Å². The Morgan fingerprint density at radius 3 is 2.46 bits per heavy atom. The monoisotopic (exact) mass is 343 g/mol. The van der Waals surface area contributed by atoms with Crippen molar-refractivity contribution in [2.45, 2.75) is 26.8 Å². The van der Waals surface area contributed by atoms with Crippen LogP contribution in [0.1, 0.15) is 20.8 Å². The molecular weight excluding hydrogens is 320 g/mol. The van der Waals surface area contributed by atoms with Gasteiger partial charge in [0.25, 0.3) is 0 Å². The Morgan fingerprint density at radius 2 is 1.65 bits per heavy atom. The minimum Gasteiger partial charge on any atom is -0.454 e. The third kappa shape index (κ3) is 2.07. The van der Waals surface area contributed by atoms with Gasteiger partial charge in [-0.15, -0.1) is 0 Å². The second kappa shape index (κ2) is 5.53. The lowest BCUT2D eigenvalue weighted by Gasteiger charge is -2.26. The van der Waals surface area contributed by atoms with Crippen LogP contribution in [0.4, 0.5) is 17.1 Å². The van der Waals surface area contributed by atoms with E-state index in [9.17, 15) is 0 Å². The van der Waals surface area contributed by atoms with Gasteiger partial charge in [0.05, 0.1) is 25.1 Å². The minimum atomic E-state index is -0.708. The summed E-state index contributed by atoms with van der Waals surface area (Å²) in [4.78, 5) is 4.41. The zero-order valence-electron chi connectivity index (χ0n) is 16.3. The van der Waals surface area contributed by atoms with Crippen LogP contribution < -0.4 is 9.80 Å². The molecule has 5 rings (SSSR count). The summed E-state index contributed by atoms with van der Waals surface area (Å²) in [5.74, 6) is 0. The fourth-order valence-electron chi connectivity index (χ4n) is 4.00. The van der Waals surface area contributed by atoms with Gasteiger partial charge in [0.1, 0.15) is 5.58 Å². The normalized spacial score (nSPS) is 15.0. The van der Waals surface area contributed by atoms with Crippen molar-refractivity contribution in [2.75, 3.05) is 16.5 Å². The third-order valence-electron chi connectivity index (χ3n) is 5.28. The highest BCUT2D eigenvalue weighted by Gasteiger charge is 2.30. The van der Waals surface area contributed by atoms with E-state index >= 15 is 0 Å². The van der Waals surface area contributed by atoms with Gasteiger partial charge in [0.2, 0.25) is 0 Å². The summed E-state index contributed by atoms with van der Waals surface area (Å²) in [6.45, 7) is 6.62. The maximum atomic E-state index is 8.59. The zero-order valence-corrected chi connectivity index (χ0v) is 15.3. The highest BCUT2D eigenvalue weighted by atomic mass is 16.3. The molecule has 0 amide bonds. The maximum Gasteiger partial charge on any atom is 0.159 e. The maximum absolute atomic E-state index is 8.59. The standard InChI is InChI=1S/C23H22N2O/c1-15(2)24-14-25(20-10-6-5-9-19(20)24)22-16(3)12-13-18-17-8-4-7-11-21(17)26-23(18)22/h4-13,15H,14H2,1-3H3/i15D. The quantitative estimate of drug-likeness (QED) is 0.431. The molecule has 26 heavy (non-hydrogen) atoms. The average molecular weight is 343 g/mol. The van der Waals surface area contributed by atoms with Gasteiger partial charge in [-0.05, 0) is 44.5 Å². The Labute approximate surface area is 154 Å². The van der Waals surface area contributed by atoms with Gasteiger partial charge in [0, 0.05) is 16.8 Å². The lowest BCUT2D eigenvalue weighted by Crippen LogP contribution is -2.33. The zero-order chi connectivity index (χ0) is 18.8. The molecule has 130 valence electrons. The van der Waals surface area contributed by atoms with Gasteiger partial charge in [0.15, 0.2) is 5.58 Å². The summed E-state index contributed by atoms with van der Waals surface area (Å²) in [5, 5.41) is 2.27. The van der Waals surface area contributed by atoms with Crippen LogP contribution in [0.25, 0.3) is 21.9 Å². The molecule has 0 N–H and O–H groups in total. The van der Waals surface area contributed by atoms with Crippen molar-refractivity contribution in [1.29, 1.82) is 0 Å². The SMILES string of the molecule is [2H]C(C)(C)N1CN(c2c(C)ccc3c2oc2ccccc23)c2ccccc21. The van der Waals surface area contributed by atoms with Gasteiger partial charge < -0.3 is 14.2 Å². The first-order valence-corrected chi connectivity index (χ1v) is 9.00. The van der Waals surface area contributed by atoms with Crippen molar-refractivity contribution in [1.82, 2.24) is 0 Å². The van der Waals surface area contributed by atoms with Gasteiger partial charge in [-0.3, -0.25) is 0 Å². The molecule has 3 heteroatoms. The van der Waals surface area contributed by atoms with E-state index in [-0.39, 0.29) is 0 Å². The van der Waals surface area contributed by atoms with E-state index in [0.717, 1.165) is 39.0 Å². The van der Waals surface area contributed by atoms with Crippen LogP contribution in [0.3, 0.4) is 0 Å². The first-order chi connectivity index (χ1) is 12.9. The van der Waals surface area contributed by atoms with Crippen molar-refractivity contribution in [3.63, 3.8) is 0 Å². The number of furan rings is 1. The van der Waals surface area contributed by atoms with Gasteiger partial charge >= 0.3 is 0 Å². The largest absolute Gasteiger partial charge is 0.454 e. The Hall–Kier alpha value is -2.94. The Bertz CT molecular complexity index is 1170. The first-order valence-electron chi connectivity index (χ1n) is 9.50. The lowest BCUT2D eigenvalue weighted by molar-refractivity contribution is 0.664. The van der Waals surface area contributed by atoms with E-state index in [2.05, 4.69) is 53.1 Å². The van der Waals surface area contributed by atoms with E-state index in [1.165, 1.54) is 5.56 Å². The fourth-order valence-corrected chi connectivity index (χ4v) is 4.00. The molecule has 0 saturated carbocycles. The van der Waals surface area contributed by atoms with Crippen molar-refractivity contribution in [2.24, 2.45) is 0 Å². The van der Waals surface area contributed by atoms with Gasteiger partial charge in [-0.1, -0.05) is 42.5 Å². The van der Waals surface area contributed by atoms with Crippen LogP contribution in [0, 0.1) is 6.92 Å². The second-order valence-corrected chi connectivity index (χ2v) is 7.14. The summed E-state index contributed by atoms with van der Waals surface area (Å²) in [5.41, 5.74) is 6.28. The van der Waals surface area contributed by atoms with E-state index in [1.807, 2.05) is 38.1 Å². The van der Waals surface area contributed by atoms with E-state index in [1.54, 1.807) is 0 Å². The molecule has 0 unspecified atom stereocenters. The molecule has 1 aliphatic rings. The highest BCUT2D eigenvalue weighted by molar-refractivity contribution is 6.10. The number of rotatable bonds is 2. The predicted octanol–water partition coefficient (Wildman–Crippen LogP) is 6.22. The smallest absolute Gasteiger partial charge is 0.159 e. The number of hydrogen-bond donors (Lipinski definition) is 0. The number of aryl methyl sites for hydroxylation is 1. The van der Waals surface area contributed by atoms with Crippen LogP contribution in [-0.4, -0.2) is 12.7 Å². The third-order valence-corrected chi connectivity index (χ3v) is 5.28. The summed E-state index contributed by atoms with van der Waals surface area (Å²) >= 11 is 0. The molecule has 0 saturated heterocycles. The Balaban J connectivity index is 1.78. The molecular formula is C23H22N2O. The first kappa shape index (κ1) is 14.3. The Morgan fingerprint density at radius 1 is 0.923 bits per heavy atom. The Kier molecular flexibility index (Phi) is 3.03. The number of benzene rings is 3. The molecule has 3 aromatic carbocycles. The summed E-state index contributed by atoms with van der Waals surface area (Å²) in [6.07, 6.45) is 0. The highest BCUT2D eigenvalue weighted by Crippen LogP contribution is 2.46. The second-order valence-electron chi connectivity index (χ2n) is 7.14. The molecule has 1 aliphatic heterocycles. The molecule has 3 nitrogen and oxygen atoms in total. The molecule has 0 radical (unpaired) electrons. The van der Waals surface area contributed by atoms with Crippen molar-refractivity contribution in [3.8, 4) is 0 Å². The molecule has 0 fully saturated rings. The van der Waals surface area contributed by atoms with E-state index < -0.39 is 6.02 Å². The van der Waals surface area contributed by atoms with Crippen molar-refractivity contribution < 1.29 is 5.79 Å². The molecule has 0 bridgehead atoms. The number of para-hydroxylation sites is 3. The van der Waals surface area contributed by atoms with E-state index in [4.69, 9.17) is 5.79 Å². The van der Waals surface area contributed by atoms with E-state index in [0.29, 0.717) is 6.67 Å².